The standard InChI is InChI=1S/C19H19N3.ClH.H3N/c1-2-14-12-17(14)16-10-6-7-11-19(16)22-13-18(20-21-22)15-8-4-3-5-9-15;;/h3-11,13-14,17H,2,12H2,1H3;1H;1H3. The van der Waals surface area contributed by atoms with Crippen LogP contribution in [0.5, 0.6) is 0 Å². The van der Waals surface area contributed by atoms with Crippen LogP contribution >= 0.6 is 12.4 Å². The van der Waals surface area contributed by atoms with Crippen LogP contribution < -0.4 is 6.15 Å². The molecule has 1 aliphatic rings. The first kappa shape index (κ1) is 18.2. The Bertz CT molecular complexity index is 785. The minimum absolute atomic E-state index is 0. The Hall–Kier alpha value is -2.17. The Kier molecular flexibility index (Phi) is 5.75. The Labute approximate surface area is 148 Å². The fourth-order valence-electron chi connectivity index (χ4n) is 3.21. The molecule has 126 valence electrons. The number of halogens is 1. The number of para-hydroxylation sites is 1. The second-order valence-electron chi connectivity index (χ2n) is 5.98. The van der Waals surface area contributed by atoms with Crippen molar-refractivity contribution in [1.82, 2.24) is 21.1 Å². The van der Waals surface area contributed by atoms with Gasteiger partial charge in [0.05, 0.1) is 11.9 Å². The molecule has 2 unspecified atom stereocenters. The van der Waals surface area contributed by atoms with Crippen LogP contribution in [0.15, 0.2) is 60.8 Å². The summed E-state index contributed by atoms with van der Waals surface area (Å²) in [6, 6.07) is 18.8. The maximum Gasteiger partial charge on any atom is 0.113 e. The lowest BCUT2D eigenvalue weighted by molar-refractivity contribution is 0.750. The van der Waals surface area contributed by atoms with E-state index in [1.54, 1.807) is 0 Å². The Morgan fingerprint density at radius 1 is 1.04 bits per heavy atom. The van der Waals surface area contributed by atoms with Gasteiger partial charge in [-0.2, -0.15) is 0 Å². The highest BCUT2D eigenvalue weighted by molar-refractivity contribution is 5.85. The van der Waals surface area contributed by atoms with Crippen LogP contribution in [0.2, 0.25) is 0 Å². The molecule has 0 saturated heterocycles. The average Bonchev–Trinajstić information content (AvgIpc) is 3.22. The zero-order chi connectivity index (χ0) is 14.9. The van der Waals surface area contributed by atoms with Gasteiger partial charge in [0.2, 0.25) is 0 Å². The molecule has 1 aliphatic carbocycles. The van der Waals surface area contributed by atoms with Gasteiger partial charge < -0.3 is 6.15 Å². The third-order valence-electron chi connectivity index (χ3n) is 4.59. The lowest BCUT2D eigenvalue weighted by atomic mass is 10.1. The third kappa shape index (κ3) is 3.35. The van der Waals surface area contributed by atoms with Crippen molar-refractivity contribution in [3.05, 3.63) is 66.4 Å². The van der Waals surface area contributed by atoms with E-state index in [0.717, 1.165) is 22.9 Å². The first-order chi connectivity index (χ1) is 10.9. The molecule has 0 aliphatic heterocycles. The molecule has 4 rings (SSSR count). The summed E-state index contributed by atoms with van der Waals surface area (Å²) in [5, 5.41) is 8.69. The molecule has 1 heterocycles. The summed E-state index contributed by atoms with van der Waals surface area (Å²) in [6.07, 6.45) is 4.58. The van der Waals surface area contributed by atoms with Gasteiger partial charge in [-0.15, -0.1) is 17.5 Å². The molecule has 0 bridgehead atoms. The van der Waals surface area contributed by atoms with Crippen molar-refractivity contribution < 1.29 is 0 Å². The highest BCUT2D eigenvalue weighted by Gasteiger charge is 2.38. The average molecular weight is 343 g/mol. The van der Waals surface area contributed by atoms with Gasteiger partial charge in [0.1, 0.15) is 5.69 Å². The molecule has 24 heavy (non-hydrogen) atoms. The predicted molar refractivity (Wildman–Crippen MR) is 100 cm³/mol. The zero-order valence-corrected chi connectivity index (χ0v) is 14.6. The van der Waals surface area contributed by atoms with Crippen molar-refractivity contribution in [1.29, 1.82) is 0 Å². The molecule has 2 aromatic carbocycles. The Morgan fingerprint density at radius 3 is 2.46 bits per heavy atom. The molecule has 0 radical (unpaired) electrons. The van der Waals surface area contributed by atoms with Crippen molar-refractivity contribution in [2.75, 3.05) is 0 Å². The molecule has 1 fully saturated rings. The first-order valence-electron chi connectivity index (χ1n) is 7.94. The monoisotopic (exact) mass is 342 g/mol. The van der Waals surface area contributed by atoms with E-state index in [-0.39, 0.29) is 18.6 Å². The molecule has 3 N–H and O–H groups in total. The molecular formula is C19H23ClN4. The quantitative estimate of drug-likeness (QED) is 0.723. The van der Waals surface area contributed by atoms with E-state index in [1.807, 2.05) is 29.1 Å². The number of rotatable bonds is 4. The SMILES string of the molecule is CCC1CC1c1ccccc1-n1cc(-c2ccccc2)nn1.Cl.N. The lowest BCUT2D eigenvalue weighted by Crippen LogP contribution is -2.00. The number of hydrogen-bond acceptors (Lipinski definition) is 3. The van der Waals surface area contributed by atoms with E-state index in [9.17, 15) is 0 Å². The molecule has 1 aromatic heterocycles. The van der Waals surface area contributed by atoms with E-state index in [4.69, 9.17) is 0 Å². The smallest absolute Gasteiger partial charge is 0.113 e. The summed E-state index contributed by atoms with van der Waals surface area (Å²) >= 11 is 0. The molecule has 1 saturated carbocycles. The molecule has 3 aromatic rings. The van der Waals surface area contributed by atoms with Crippen molar-refractivity contribution in [3.8, 4) is 16.9 Å². The molecule has 0 amide bonds. The van der Waals surface area contributed by atoms with Crippen LogP contribution in [-0.4, -0.2) is 15.0 Å². The van der Waals surface area contributed by atoms with Crippen LogP contribution in [0.4, 0.5) is 0 Å². The van der Waals surface area contributed by atoms with Gasteiger partial charge in [0, 0.05) is 5.56 Å². The minimum atomic E-state index is 0. The van der Waals surface area contributed by atoms with Gasteiger partial charge in [-0.1, -0.05) is 67.1 Å². The van der Waals surface area contributed by atoms with Crippen LogP contribution in [-0.2, 0) is 0 Å². The molecule has 2 atom stereocenters. The molecule has 0 spiro atoms. The van der Waals surface area contributed by atoms with Crippen LogP contribution in [0.3, 0.4) is 0 Å². The van der Waals surface area contributed by atoms with Gasteiger partial charge >= 0.3 is 0 Å². The first-order valence-corrected chi connectivity index (χ1v) is 7.94. The molecule has 4 nitrogen and oxygen atoms in total. The van der Waals surface area contributed by atoms with Gasteiger partial charge in [-0.05, 0) is 29.9 Å². The number of nitrogens with zero attached hydrogens (tertiary/aromatic N) is 3. The predicted octanol–water partition coefficient (Wildman–Crippen LogP) is 5.03. The highest BCUT2D eigenvalue weighted by Crippen LogP contribution is 2.50. The maximum atomic E-state index is 4.35. The number of aromatic nitrogens is 3. The summed E-state index contributed by atoms with van der Waals surface area (Å²) in [6.45, 7) is 2.27. The van der Waals surface area contributed by atoms with Crippen molar-refractivity contribution in [2.24, 2.45) is 5.92 Å². The van der Waals surface area contributed by atoms with Gasteiger partial charge in [0.15, 0.2) is 0 Å². The third-order valence-corrected chi connectivity index (χ3v) is 4.59. The molecule has 5 heteroatoms. The Balaban J connectivity index is 0.00000104. The van der Waals surface area contributed by atoms with E-state index in [1.165, 1.54) is 18.4 Å². The van der Waals surface area contributed by atoms with Crippen LogP contribution in [0.25, 0.3) is 16.9 Å². The van der Waals surface area contributed by atoms with E-state index < -0.39 is 0 Å². The minimum Gasteiger partial charge on any atom is -0.344 e. The van der Waals surface area contributed by atoms with Crippen molar-refractivity contribution >= 4 is 12.4 Å². The number of hydrogen-bond donors (Lipinski definition) is 1. The van der Waals surface area contributed by atoms with Gasteiger partial charge in [-0.25, -0.2) is 4.68 Å². The second-order valence-corrected chi connectivity index (χ2v) is 5.98. The topological polar surface area (TPSA) is 65.7 Å². The fourth-order valence-corrected chi connectivity index (χ4v) is 3.21. The van der Waals surface area contributed by atoms with Crippen molar-refractivity contribution in [2.45, 2.75) is 25.7 Å². The van der Waals surface area contributed by atoms with Crippen molar-refractivity contribution in [3.63, 3.8) is 0 Å². The second kappa shape index (κ2) is 7.60. The summed E-state index contributed by atoms with van der Waals surface area (Å²) in [5.41, 5.74) is 4.58. The fraction of sp³-hybridized carbons (Fsp3) is 0.263. The van der Waals surface area contributed by atoms with Gasteiger partial charge in [0.25, 0.3) is 0 Å². The Morgan fingerprint density at radius 2 is 1.75 bits per heavy atom. The summed E-state index contributed by atoms with van der Waals surface area (Å²) in [7, 11) is 0. The zero-order valence-electron chi connectivity index (χ0n) is 13.8. The largest absolute Gasteiger partial charge is 0.344 e. The maximum absolute atomic E-state index is 4.35. The summed E-state index contributed by atoms with van der Waals surface area (Å²) in [5.74, 6) is 1.52. The van der Waals surface area contributed by atoms with Crippen LogP contribution in [0, 0.1) is 5.92 Å². The molecular weight excluding hydrogens is 320 g/mol. The normalized spacial score (nSPS) is 18.4. The highest BCUT2D eigenvalue weighted by atomic mass is 35.5. The van der Waals surface area contributed by atoms with E-state index >= 15 is 0 Å². The van der Waals surface area contributed by atoms with Gasteiger partial charge in [-0.3, -0.25) is 0 Å². The van der Waals surface area contributed by atoms with Crippen LogP contribution in [0.1, 0.15) is 31.2 Å². The summed E-state index contributed by atoms with van der Waals surface area (Å²) < 4.78 is 1.92. The lowest BCUT2D eigenvalue weighted by Gasteiger charge is -2.08. The van der Waals surface area contributed by atoms with E-state index in [2.05, 4.69) is 53.6 Å². The number of benzene rings is 2. The summed E-state index contributed by atoms with van der Waals surface area (Å²) in [4.78, 5) is 0. The van der Waals surface area contributed by atoms with E-state index in [0.29, 0.717) is 5.92 Å².